The average Bonchev–Trinajstić information content (AvgIpc) is 3.27. The number of piperidine rings is 1. The van der Waals surface area contributed by atoms with Crippen LogP contribution in [0.5, 0.6) is 0 Å². The molecule has 0 spiro atoms. The first kappa shape index (κ1) is 18.8. The van der Waals surface area contributed by atoms with Crippen molar-refractivity contribution in [3.63, 3.8) is 0 Å². The monoisotopic (exact) mass is 382 g/mol. The Kier molecular flexibility index (Phi) is 5.52. The van der Waals surface area contributed by atoms with Gasteiger partial charge in [-0.25, -0.2) is 4.79 Å². The predicted octanol–water partition coefficient (Wildman–Crippen LogP) is 2.29. The van der Waals surface area contributed by atoms with Gasteiger partial charge in [-0.05, 0) is 51.0 Å². The number of benzene rings is 1. The van der Waals surface area contributed by atoms with E-state index in [1.807, 2.05) is 17.9 Å². The van der Waals surface area contributed by atoms with Crippen molar-refractivity contribution in [3.05, 3.63) is 41.7 Å². The predicted molar refractivity (Wildman–Crippen MR) is 112 cm³/mol. The van der Waals surface area contributed by atoms with Gasteiger partial charge < -0.3 is 15.5 Å². The Balaban J connectivity index is 1.27. The van der Waals surface area contributed by atoms with Gasteiger partial charge in [0, 0.05) is 55.8 Å². The number of anilines is 2. The van der Waals surface area contributed by atoms with Crippen LogP contribution in [0.4, 0.5) is 16.2 Å². The van der Waals surface area contributed by atoms with Crippen molar-refractivity contribution < 1.29 is 4.79 Å². The summed E-state index contributed by atoms with van der Waals surface area (Å²) in [6.07, 6.45) is 2.26. The summed E-state index contributed by atoms with van der Waals surface area (Å²) in [5.41, 5.74) is 4.50. The normalized spacial score (nSPS) is 18.0. The molecule has 1 aromatic heterocycles. The smallest absolute Gasteiger partial charge is 0.321 e. The summed E-state index contributed by atoms with van der Waals surface area (Å²) < 4.78 is 2.08. The molecule has 3 heterocycles. The number of aromatic nitrogens is 2. The van der Waals surface area contributed by atoms with Crippen LogP contribution < -0.4 is 20.4 Å². The van der Waals surface area contributed by atoms with Crippen LogP contribution in [0.3, 0.4) is 0 Å². The third-order valence-corrected chi connectivity index (χ3v) is 5.72. The van der Waals surface area contributed by atoms with Crippen LogP contribution in [-0.2, 0) is 6.54 Å². The fourth-order valence-electron chi connectivity index (χ4n) is 4.19. The summed E-state index contributed by atoms with van der Waals surface area (Å²) in [7, 11) is 0. The number of carbonyl (C=O) groups is 1. The summed E-state index contributed by atoms with van der Waals surface area (Å²) in [4.78, 5) is 16.2. The van der Waals surface area contributed by atoms with Crippen molar-refractivity contribution in [3.8, 4) is 0 Å². The molecule has 0 saturated carbocycles. The molecule has 4 rings (SSSR count). The second-order valence-electron chi connectivity index (χ2n) is 7.77. The maximum Gasteiger partial charge on any atom is 0.321 e. The number of nitrogens with zero attached hydrogens (tertiary/aromatic N) is 4. The van der Waals surface area contributed by atoms with Gasteiger partial charge in [0.15, 0.2) is 0 Å². The molecule has 0 unspecified atom stereocenters. The molecule has 2 fully saturated rings. The minimum absolute atomic E-state index is 0.00247. The number of carbonyl (C=O) groups excluding carboxylic acids is 1. The van der Waals surface area contributed by atoms with Crippen LogP contribution in [0.2, 0.25) is 0 Å². The number of aryl methyl sites for hydroxylation is 2. The number of hydrogen-bond acceptors (Lipinski definition) is 4. The van der Waals surface area contributed by atoms with Gasteiger partial charge in [-0.15, -0.1) is 0 Å². The Labute approximate surface area is 166 Å². The molecule has 2 aromatic rings. The molecule has 1 aromatic carbocycles. The number of rotatable bonds is 6. The van der Waals surface area contributed by atoms with E-state index < -0.39 is 0 Å². The molecule has 2 aliphatic heterocycles. The molecule has 2 aliphatic rings. The Hall–Kier alpha value is -2.54. The molecule has 2 N–H and O–H groups in total. The van der Waals surface area contributed by atoms with Gasteiger partial charge in [-0.1, -0.05) is 6.07 Å². The van der Waals surface area contributed by atoms with Crippen LogP contribution in [0.25, 0.3) is 0 Å². The van der Waals surface area contributed by atoms with Crippen molar-refractivity contribution in [1.82, 2.24) is 20.4 Å². The van der Waals surface area contributed by atoms with Crippen LogP contribution in [-0.4, -0.2) is 54.6 Å². The molecule has 28 heavy (non-hydrogen) atoms. The summed E-state index contributed by atoms with van der Waals surface area (Å²) in [5, 5.41) is 11.1. The fraction of sp³-hybridized carbons (Fsp3) is 0.524. The van der Waals surface area contributed by atoms with Crippen LogP contribution >= 0.6 is 0 Å². The van der Waals surface area contributed by atoms with Gasteiger partial charge in [0.1, 0.15) is 0 Å². The number of nitrogens with one attached hydrogen (secondary N) is 2. The van der Waals surface area contributed by atoms with Gasteiger partial charge >= 0.3 is 6.03 Å². The minimum atomic E-state index is 0.00247. The molecule has 2 amide bonds. The highest BCUT2D eigenvalue weighted by molar-refractivity contribution is 5.94. The Bertz CT molecular complexity index is 824. The first-order chi connectivity index (χ1) is 13.6. The molecular weight excluding hydrogens is 352 g/mol. The van der Waals surface area contributed by atoms with Crippen molar-refractivity contribution in [2.75, 3.05) is 42.5 Å². The second-order valence-corrected chi connectivity index (χ2v) is 7.77. The van der Waals surface area contributed by atoms with Gasteiger partial charge in [0.2, 0.25) is 0 Å². The lowest BCUT2D eigenvalue weighted by Gasteiger charge is -2.34. The highest BCUT2D eigenvalue weighted by Crippen LogP contribution is 2.26. The van der Waals surface area contributed by atoms with E-state index in [9.17, 15) is 4.79 Å². The summed E-state index contributed by atoms with van der Waals surface area (Å²) in [6.45, 7) is 9.55. The molecule has 0 aliphatic carbocycles. The third-order valence-electron chi connectivity index (χ3n) is 5.72. The molecule has 0 bridgehead atoms. The van der Waals surface area contributed by atoms with Gasteiger partial charge in [-0.2, -0.15) is 5.10 Å². The number of hydrogen-bond donors (Lipinski definition) is 2. The topological polar surface area (TPSA) is 65.4 Å². The van der Waals surface area contributed by atoms with Gasteiger partial charge in [0.25, 0.3) is 0 Å². The largest absolute Gasteiger partial charge is 0.371 e. The first-order valence-electron chi connectivity index (χ1n) is 10.2. The van der Waals surface area contributed by atoms with Crippen molar-refractivity contribution in [2.24, 2.45) is 0 Å². The van der Waals surface area contributed by atoms with E-state index in [1.54, 1.807) is 0 Å². The Morgan fingerprint density at radius 2 is 1.93 bits per heavy atom. The first-order valence-corrected chi connectivity index (χ1v) is 10.2. The molecule has 150 valence electrons. The van der Waals surface area contributed by atoms with Crippen LogP contribution in [0.1, 0.15) is 24.2 Å². The molecule has 0 radical (unpaired) electrons. The SMILES string of the molecule is Cc1cc(C)n(CCNC2CCN(c3cccc(N4CCNC4=O)c3)CC2)n1. The van der Waals surface area contributed by atoms with E-state index in [-0.39, 0.29) is 6.03 Å². The number of amides is 2. The van der Waals surface area contributed by atoms with Crippen molar-refractivity contribution in [2.45, 2.75) is 39.3 Å². The highest BCUT2D eigenvalue weighted by Gasteiger charge is 2.23. The fourth-order valence-corrected chi connectivity index (χ4v) is 4.19. The van der Waals surface area contributed by atoms with Gasteiger partial charge in [-0.3, -0.25) is 9.58 Å². The van der Waals surface area contributed by atoms with E-state index in [0.717, 1.165) is 63.5 Å². The van der Waals surface area contributed by atoms with E-state index in [0.29, 0.717) is 6.04 Å². The van der Waals surface area contributed by atoms with E-state index >= 15 is 0 Å². The average molecular weight is 383 g/mol. The zero-order chi connectivity index (χ0) is 19.5. The lowest BCUT2D eigenvalue weighted by molar-refractivity contribution is 0.252. The molecular formula is C21H30N6O. The minimum Gasteiger partial charge on any atom is -0.371 e. The van der Waals surface area contributed by atoms with Crippen LogP contribution in [0, 0.1) is 13.8 Å². The Morgan fingerprint density at radius 3 is 2.61 bits per heavy atom. The standard InChI is InChI=1S/C21H30N6O/c1-16-14-17(2)27(24-16)13-9-22-18-6-10-25(11-7-18)19-4-3-5-20(15-19)26-12-8-23-21(26)28/h3-5,14-15,18,22H,6-13H2,1-2H3,(H,23,28). The highest BCUT2D eigenvalue weighted by atomic mass is 16.2. The molecule has 2 saturated heterocycles. The molecule has 7 heteroatoms. The zero-order valence-electron chi connectivity index (χ0n) is 16.8. The summed E-state index contributed by atoms with van der Waals surface area (Å²) >= 11 is 0. The zero-order valence-corrected chi connectivity index (χ0v) is 16.8. The second kappa shape index (κ2) is 8.22. The maximum absolute atomic E-state index is 11.9. The van der Waals surface area contributed by atoms with E-state index in [1.165, 1.54) is 11.4 Å². The van der Waals surface area contributed by atoms with Crippen molar-refractivity contribution >= 4 is 17.4 Å². The Morgan fingerprint density at radius 1 is 1.14 bits per heavy atom. The summed E-state index contributed by atoms with van der Waals surface area (Å²) in [6, 6.07) is 11.0. The maximum atomic E-state index is 11.9. The van der Waals surface area contributed by atoms with Gasteiger partial charge in [0.05, 0.1) is 12.2 Å². The summed E-state index contributed by atoms with van der Waals surface area (Å²) in [5.74, 6) is 0. The van der Waals surface area contributed by atoms with Crippen molar-refractivity contribution in [1.29, 1.82) is 0 Å². The molecule has 7 nitrogen and oxygen atoms in total. The quantitative estimate of drug-likeness (QED) is 0.805. The lowest BCUT2D eigenvalue weighted by Crippen LogP contribution is -2.43. The third kappa shape index (κ3) is 4.14. The molecule has 0 atom stereocenters. The lowest BCUT2D eigenvalue weighted by atomic mass is 10.0. The van der Waals surface area contributed by atoms with E-state index in [2.05, 4.69) is 56.5 Å². The van der Waals surface area contributed by atoms with Crippen LogP contribution in [0.15, 0.2) is 30.3 Å². The van der Waals surface area contributed by atoms with E-state index in [4.69, 9.17) is 0 Å². The number of urea groups is 1.